The van der Waals surface area contributed by atoms with Crippen molar-refractivity contribution in [2.24, 2.45) is 0 Å². The molecule has 0 aliphatic carbocycles. The Morgan fingerprint density at radius 1 is 1.12 bits per heavy atom. The molecule has 86 valence electrons. The summed E-state index contributed by atoms with van der Waals surface area (Å²) in [5, 5.41) is 18.9. The van der Waals surface area contributed by atoms with Crippen LogP contribution in [0.1, 0.15) is 12.0 Å². The summed E-state index contributed by atoms with van der Waals surface area (Å²) >= 11 is 0. The summed E-state index contributed by atoms with van der Waals surface area (Å²) in [7, 11) is 3.11. The largest absolute Gasteiger partial charge is 0.497 e. The van der Waals surface area contributed by atoms with Crippen LogP contribution in [0.4, 0.5) is 0 Å². The molecule has 0 amide bonds. The number of hydrogen-bond donors (Lipinski definition) is 3. The van der Waals surface area contributed by atoms with E-state index in [9.17, 15) is 0 Å². The number of aliphatic hydroxyl groups excluding tert-OH is 1. The first-order chi connectivity index (χ1) is 7.65. The first kappa shape index (κ1) is 10.8. The van der Waals surface area contributed by atoms with E-state index < -0.39 is 6.29 Å². The van der Waals surface area contributed by atoms with Gasteiger partial charge in [-0.2, -0.15) is 0 Å². The first-order valence-electron chi connectivity index (χ1n) is 4.76. The summed E-state index contributed by atoms with van der Waals surface area (Å²) in [5.74, 6) is 1.27. The molecule has 2 rings (SSSR count). The quantitative estimate of drug-likeness (QED) is 0.683. The smallest absolute Gasteiger partial charge is 0.193 e. The van der Waals surface area contributed by atoms with Gasteiger partial charge in [-0.25, -0.2) is 0 Å². The Hall–Kier alpha value is -1.72. The lowest BCUT2D eigenvalue weighted by atomic mass is 10.2. The van der Waals surface area contributed by atoms with Crippen molar-refractivity contribution >= 4 is 10.9 Å². The van der Waals surface area contributed by atoms with Crippen molar-refractivity contribution in [2.45, 2.75) is 6.29 Å². The zero-order chi connectivity index (χ0) is 11.7. The van der Waals surface area contributed by atoms with Crippen LogP contribution in [0.3, 0.4) is 0 Å². The van der Waals surface area contributed by atoms with Crippen molar-refractivity contribution in [1.82, 2.24) is 4.98 Å². The predicted molar refractivity (Wildman–Crippen MR) is 58.6 cm³/mol. The fourth-order valence-corrected chi connectivity index (χ4v) is 1.63. The molecular formula is C11H13NO4. The first-order valence-corrected chi connectivity index (χ1v) is 4.76. The molecule has 16 heavy (non-hydrogen) atoms. The van der Waals surface area contributed by atoms with E-state index >= 15 is 0 Å². The third-order valence-corrected chi connectivity index (χ3v) is 2.43. The summed E-state index contributed by atoms with van der Waals surface area (Å²) < 4.78 is 10.3. The fraction of sp³-hybridized carbons (Fsp3) is 0.273. The second-order valence-corrected chi connectivity index (χ2v) is 3.39. The van der Waals surface area contributed by atoms with Crippen molar-refractivity contribution in [3.05, 3.63) is 23.9 Å². The molecule has 0 saturated carbocycles. The highest BCUT2D eigenvalue weighted by Crippen LogP contribution is 2.32. The minimum atomic E-state index is -1.52. The van der Waals surface area contributed by atoms with Crippen molar-refractivity contribution in [3.63, 3.8) is 0 Å². The molecule has 1 aromatic carbocycles. The summed E-state index contributed by atoms with van der Waals surface area (Å²) in [6.45, 7) is 0. The molecule has 0 spiro atoms. The number of H-pyrrole nitrogens is 1. The van der Waals surface area contributed by atoms with E-state index in [1.165, 1.54) is 0 Å². The highest BCUT2D eigenvalue weighted by atomic mass is 16.5. The second kappa shape index (κ2) is 4.03. The van der Waals surface area contributed by atoms with E-state index in [2.05, 4.69) is 4.98 Å². The number of ether oxygens (including phenoxy) is 2. The zero-order valence-electron chi connectivity index (χ0n) is 9.02. The maximum atomic E-state index is 9.07. The minimum Gasteiger partial charge on any atom is -0.497 e. The van der Waals surface area contributed by atoms with Crippen molar-refractivity contribution in [1.29, 1.82) is 0 Å². The van der Waals surface area contributed by atoms with Crippen LogP contribution in [0.2, 0.25) is 0 Å². The van der Waals surface area contributed by atoms with E-state index in [0.29, 0.717) is 17.2 Å². The van der Waals surface area contributed by atoms with E-state index in [1.807, 2.05) is 0 Å². The average molecular weight is 223 g/mol. The third kappa shape index (κ3) is 1.70. The van der Waals surface area contributed by atoms with Gasteiger partial charge >= 0.3 is 0 Å². The van der Waals surface area contributed by atoms with Gasteiger partial charge in [0.25, 0.3) is 0 Å². The molecule has 0 bridgehead atoms. The Kier molecular flexibility index (Phi) is 2.72. The van der Waals surface area contributed by atoms with E-state index in [0.717, 1.165) is 10.9 Å². The topological polar surface area (TPSA) is 74.7 Å². The van der Waals surface area contributed by atoms with Gasteiger partial charge in [0.2, 0.25) is 0 Å². The fourth-order valence-electron chi connectivity index (χ4n) is 1.63. The van der Waals surface area contributed by atoms with Crippen LogP contribution in [0, 0.1) is 0 Å². The van der Waals surface area contributed by atoms with Crippen LogP contribution in [-0.2, 0) is 0 Å². The highest BCUT2D eigenvalue weighted by molar-refractivity contribution is 5.88. The van der Waals surface area contributed by atoms with Crippen molar-refractivity contribution < 1.29 is 19.7 Å². The lowest BCUT2D eigenvalue weighted by Gasteiger charge is -2.04. The van der Waals surface area contributed by atoms with Crippen LogP contribution in [0.25, 0.3) is 10.9 Å². The predicted octanol–water partition coefficient (Wildman–Crippen LogP) is 1.17. The standard InChI is InChI=1S/C11H13NO4/c1-15-6-3-8-7(10(4-6)16-2)5-9(12-8)11(13)14/h3-5,11-14H,1-2H3. The number of rotatable bonds is 3. The third-order valence-electron chi connectivity index (χ3n) is 2.43. The van der Waals surface area contributed by atoms with E-state index in [-0.39, 0.29) is 0 Å². The SMILES string of the molecule is COc1cc(OC)c2cc(C(O)O)[nH]c2c1. The number of benzene rings is 1. The molecule has 0 aliphatic rings. The van der Waals surface area contributed by atoms with E-state index in [4.69, 9.17) is 19.7 Å². The molecule has 1 heterocycles. The van der Waals surface area contributed by atoms with Crippen molar-refractivity contribution in [3.8, 4) is 11.5 Å². The van der Waals surface area contributed by atoms with Gasteiger partial charge in [-0.3, -0.25) is 0 Å². The Morgan fingerprint density at radius 2 is 1.88 bits per heavy atom. The highest BCUT2D eigenvalue weighted by Gasteiger charge is 2.12. The molecule has 0 atom stereocenters. The monoisotopic (exact) mass is 223 g/mol. The molecule has 5 nitrogen and oxygen atoms in total. The summed E-state index contributed by atoms with van der Waals surface area (Å²) in [4.78, 5) is 2.88. The summed E-state index contributed by atoms with van der Waals surface area (Å²) in [6.07, 6.45) is -1.52. The van der Waals surface area contributed by atoms with E-state index in [1.54, 1.807) is 32.4 Å². The van der Waals surface area contributed by atoms with Gasteiger partial charge < -0.3 is 24.7 Å². The number of aromatic amines is 1. The molecule has 0 aliphatic heterocycles. The van der Waals surface area contributed by atoms with Gasteiger partial charge in [-0.05, 0) is 6.07 Å². The summed E-state index contributed by atoms with van der Waals surface area (Å²) in [6, 6.07) is 5.14. The Bertz CT molecular complexity index is 504. The molecule has 5 heteroatoms. The molecule has 0 saturated heterocycles. The molecule has 0 fully saturated rings. The Balaban J connectivity index is 2.65. The number of hydrogen-bond acceptors (Lipinski definition) is 4. The molecule has 0 radical (unpaired) electrons. The molecule has 2 aromatic rings. The van der Waals surface area contributed by atoms with Crippen molar-refractivity contribution in [2.75, 3.05) is 14.2 Å². The minimum absolute atomic E-state index is 0.321. The van der Waals surface area contributed by atoms with Gasteiger partial charge in [0.15, 0.2) is 6.29 Å². The average Bonchev–Trinajstić information content (AvgIpc) is 2.71. The van der Waals surface area contributed by atoms with Gasteiger partial charge in [0.05, 0.1) is 25.4 Å². The second-order valence-electron chi connectivity index (χ2n) is 3.39. The molecule has 0 unspecified atom stereocenters. The normalized spacial score (nSPS) is 11.1. The maximum absolute atomic E-state index is 9.07. The van der Waals surface area contributed by atoms with Crippen LogP contribution >= 0.6 is 0 Å². The molecular weight excluding hydrogens is 210 g/mol. The van der Waals surface area contributed by atoms with Gasteiger partial charge in [-0.1, -0.05) is 0 Å². The van der Waals surface area contributed by atoms with Crippen LogP contribution in [0.5, 0.6) is 11.5 Å². The lowest BCUT2D eigenvalue weighted by molar-refractivity contribution is -0.0453. The lowest BCUT2D eigenvalue weighted by Crippen LogP contribution is -1.93. The van der Waals surface area contributed by atoms with Gasteiger partial charge in [0.1, 0.15) is 11.5 Å². The number of aromatic nitrogens is 1. The number of nitrogens with one attached hydrogen (secondary N) is 1. The molecule has 1 aromatic heterocycles. The number of aliphatic hydroxyl groups is 2. The summed E-state index contributed by atoms with van der Waals surface area (Å²) in [5.41, 5.74) is 1.06. The molecule has 3 N–H and O–H groups in total. The van der Waals surface area contributed by atoms with Crippen LogP contribution in [-0.4, -0.2) is 29.4 Å². The van der Waals surface area contributed by atoms with Crippen LogP contribution in [0.15, 0.2) is 18.2 Å². The Labute approximate surface area is 92.2 Å². The van der Waals surface area contributed by atoms with Gasteiger partial charge in [0, 0.05) is 17.5 Å². The zero-order valence-corrected chi connectivity index (χ0v) is 9.02. The number of fused-ring (bicyclic) bond motifs is 1. The number of methoxy groups -OCH3 is 2. The van der Waals surface area contributed by atoms with Gasteiger partial charge in [-0.15, -0.1) is 0 Å². The Morgan fingerprint density at radius 3 is 2.44 bits per heavy atom. The van der Waals surface area contributed by atoms with Crippen LogP contribution < -0.4 is 9.47 Å². The maximum Gasteiger partial charge on any atom is 0.193 e.